The summed E-state index contributed by atoms with van der Waals surface area (Å²) in [6.45, 7) is 6.41. The van der Waals surface area contributed by atoms with Gasteiger partial charge in [-0.3, -0.25) is 0 Å². The van der Waals surface area contributed by atoms with E-state index in [1.165, 1.54) is 0 Å². The third-order valence-corrected chi connectivity index (χ3v) is 1.32. The molecule has 0 aromatic carbocycles. The van der Waals surface area contributed by atoms with Crippen LogP contribution >= 0.6 is 0 Å². The second-order valence-corrected chi connectivity index (χ2v) is 2.90. The van der Waals surface area contributed by atoms with Crippen molar-refractivity contribution in [2.75, 3.05) is 26.3 Å². The highest BCUT2D eigenvalue weighted by molar-refractivity contribution is 4.46. The number of nitrogens with one attached hydrogen (secondary N) is 1. The summed E-state index contributed by atoms with van der Waals surface area (Å²) >= 11 is 0. The molecule has 0 fully saturated rings. The summed E-state index contributed by atoms with van der Waals surface area (Å²) in [5, 5.41) is 3.14. The third-order valence-electron chi connectivity index (χ3n) is 1.32. The fourth-order valence-corrected chi connectivity index (χ4v) is 0.759. The maximum absolute atomic E-state index is 5.38. The minimum atomic E-state index is -0.192. The Labute approximate surface area is 79.8 Å². The molecule has 0 aromatic heterocycles. The van der Waals surface area contributed by atoms with Crippen molar-refractivity contribution in [3.63, 3.8) is 0 Å². The van der Waals surface area contributed by atoms with Crippen LogP contribution in [0.5, 0.6) is 0 Å². The molecule has 13 heavy (non-hydrogen) atoms. The van der Waals surface area contributed by atoms with Crippen molar-refractivity contribution in [3.05, 3.63) is 0 Å². The Hall–Kier alpha value is -0.200. The second-order valence-electron chi connectivity index (χ2n) is 2.90. The third kappa shape index (κ3) is 11.8. The van der Waals surface area contributed by atoms with E-state index >= 15 is 0 Å². The Balaban J connectivity index is 2.92. The molecule has 5 heteroatoms. The van der Waals surface area contributed by atoms with Crippen LogP contribution in [0.3, 0.4) is 0 Å². The van der Waals surface area contributed by atoms with Crippen molar-refractivity contribution in [2.45, 2.75) is 26.3 Å². The van der Waals surface area contributed by atoms with E-state index in [0.717, 1.165) is 13.1 Å². The van der Waals surface area contributed by atoms with E-state index in [1.807, 2.05) is 0 Å². The van der Waals surface area contributed by atoms with Crippen LogP contribution in [-0.4, -0.2) is 38.8 Å². The molecule has 2 atom stereocenters. The lowest BCUT2D eigenvalue weighted by molar-refractivity contribution is 0.0612. The van der Waals surface area contributed by atoms with Gasteiger partial charge in [0, 0.05) is 13.1 Å². The van der Waals surface area contributed by atoms with Crippen molar-refractivity contribution < 1.29 is 9.47 Å². The number of hydrogen-bond donors (Lipinski definition) is 3. The van der Waals surface area contributed by atoms with Gasteiger partial charge in [-0.2, -0.15) is 0 Å². The molecule has 0 saturated heterocycles. The summed E-state index contributed by atoms with van der Waals surface area (Å²) in [6, 6.07) is 0. The van der Waals surface area contributed by atoms with Gasteiger partial charge in [0.15, 0.2) is 0 Å². The Morgan fingerprint density at radius 2 is 1.38 bits per heavy atom. The molecule has 0 radical (unpaired) electrons. The Morgan fingerprint density at radius 1 is 1.00 bits per heavy atom. The summed E-state index contributed by atoms with van der Waals surface area (Å²) < 4.78 is 10.2. The average Bonchev–Trinajstić information content (AvgIpc) is 2.01. The zero-order valence-corrected chi connectivity index (χ0v) is 8.45. The number of nitrogens with two attached hydrogens (primary N) is 2. The van der Waals surface area contributed by atoms with Gasteiger partial charge in [0.1, 0.15) is 12.5 Å². The van der Waals surface area contributed by atoms with Crippen molar-refractivity contribution in [1.29, 1.82) is 0 Å². The van der Waals surface area contributed by atoms with Gasteiger partial charge in [-0.05, 0) is 13.8 Å². The molecule has 0 aliphatic rings. The fraction of sp³-hybridized carbons (Fsp3) is 1.00. The first-order chi connectivity index (χ1) is 6.13. The van der Waals surface area contributed by atoms with Gasteiger partial charge >= 0.3 is 0 Å². The predicted molar refractivity (Wildman–Crippen MR) is 52.1 cm³/mol. The minimum Gasteiger partial charge on any atom is -0.363 e. The Bertz CT molecular complexity index is 97.6. The predicted octanol–water partition coefficient (Wildman–Crippen LogP) is -0.781. The van der Waals surface area contributed by atoms with Crippen molar-refractivity contribution >= 4 is 0 Å². The molecule has 0 bridgehead atoms. The van der Waals surface area contributed by atoms with Crippen LogP contribution in [0, 0.1) is 0 Å². The Kier molecular flexibility index (Phi) is 8.27. The summed E-state index contributed by atoms with van der Waals surface area (Å²) in [5.41, 5.74) is 10.8. The van der Waals surface area contributed by atoms with Crippen LogP contribution in [0.25, 0.3) is 0 Å². The lowest BCUT2D eigenvalue weighted by Crippen LogP contribution is -2.30. The molecule has 0 amide bonds. The van der Waals surface area contributed by atoms with Gasteiger partial charge in [0.2, 0.25) is 0 Å². The lowest BCUT2D eigenvalue weighted by atomic mass is 10.6. The summed E-state index contributed by atoms with van der Waals surface area (Å²) in [6.07, 6.45) is -0.385. The van der Waals surface area contributed by atoms with E-state index in [9.17, 15) is 0 Å². The molecule has 0 saturated carbocycles. The van der Waals surface area contributed by atoms with Crippen LogP contribution in [-0.2, 0) is 9.47 Å². The molecule has 0 aliphatic carbocycles. The highest BCUT2D eigenvalue weighted by atomic mass is 16.5. The smallest absolute Gasteiger partial charge is 0.102 e. The number of ether oxygens (including phenoxy) is 2. The Morgan fingerprint density at radius 3 is 1.69 bits per heavy atom. The van der Waals surface area contributed by atoms with Crippen molar-refractivity contribution in [3.8, 4) is 0 Å². The van der Waals surface area contributed by atoms with Gasteiger partial charge in [-0.25, -0.2) is 0 Å². The van der Waals surface area contributed by atoms with E-state index in [1.54, 1.807) is 13.8 Å². The van der Waals surface area contributed by atoms with E-state index in [4.69, 9.17) is 20.9 Å². The van der Waals surface area contributed by atoms with Gasteiger partial charge < -0.3 is 26.3 Å². The number of hydrogen-bond acceptors (Lipinski definition) is 5. The largest absolute Gasteiger partial charge is 0.363 e. The lowest BCUT2D eigenvalue weighted by Gasteiger charge is -2.09. The molecule has 5 nitrogen and oxygen atoms in total. The van der Waals surface area contributed by atoms with Gasteiger partial charge in [0.05, 0.1) is 13.2 Å². The first-order valence-corrected chi connectivity index (χ1v) is 4.58. The standard InChI is InChI=1S/C8H21N3O2/c1-7(9)12-5-3-11-4-6-13-8(2)10/h7-8,11H,3-6,9-10H2,1-2H3. The van der Waals surface area contributed by atoms with Gasteiger partial charge in [0.25, 0.3) is 0 Å². The summed E-state index contributed by atoms with van der Waals surface area (Å²) in [7, 11) is 0. The highest BCUT2D eigenvalue weighted by Gasteiger charge is 1.94. The van der Waals surface area contributed by atoms with Gasteiger partial charge in [-0.15, -0.1) is 0 Å². The molecule has 0 aromatic rings. The quantitative estimate of drug-likeness (QED) is 0.346. The van der Waals surface area contributed by atoms with Crippen molar-refractivity contribution in [1.82, 2.24) is 5.32 Å². The maximum atomic E-state index is 5.38. The summed E-state index contributed by atoms with van der Waals surface area (Å²) in [4.78, 5) is 0. The van der Waals surface area contributed by atoms with Gasteiger partial charge in [-0.1, -0.05) is 0 Å². The van der Waals surface area contributed by atoms with E-state index in [-0.39, 0.29) is 12.5 Å². The zero-order chi connectivity index (χ0) is 10.1. The molecule has 0 heterocycles. The van der Waals surface area contributed by atoms with E-state index in [0.29, 0.717) is 13.2 Å². The fourth-order valence-electron chi connectivity index (χ4n) is 0.759. The zero-order valence-electron chi connectivity index (χ0n) is 8.45. The molecule has 0 aliphatic heterocycles. The van der Waals surface area contributed by atoms with Crippen LogP contribution in [0.1, 0.15) is 13.8 Å². The molecule has 0 rings (SSSR count). The van der Waals surface area contributed by atoms with Crippen molar-refractivity contribution in [2.24, 2.45) is 11.5 Å². The SMILES string of the molecule is CC(N)OCCNCCOC(C)N. The molecule has 5 N–H and O–H groups in total. The van der Waals surface area contributed by atoms with Crippen LogP contribution < -0.4 is 16.8 Å². The molecule has 80 valence electrons. The number of rotatable bonds is 8. The molecule has 0 spiro atoms. The van der Waals surface area contributed by atoms with Crippen LogP contribution in [0.4, 0.5) is 0 Å². The normalized spacial score (nSPS) is 15.7. The first kappa shape index (κ1) is 12.8. The molecular formula is C8H21N3O2. The van der Waals surface area contributed by atoms with Crippen LogP contribution in [0.2, 0.25) is 0 Å². The van der Waals surface area contributed by atoms with Crippen LogP contribution in [0.15, 0.2) is 0 Å². The highest BCUT2D eigenvalue weighted by Crippen LogP contribution is 1.79. The first-order valence-electron chi connectivity index (χ1n) is 4.58. The average molecular weight is 191 g/mol. The van der Waals surface area contributed by atoms with E-state index < -0.39 is 0 Å². The maximum Gasteiger partial charge on any atom is 0.102 e. The van der Waals surface area contributed by atoms with E-state index in [2.05, 4.69) is 5.32 Å². The topological polar surface area (TPSA) is 82.5 Å². The summed E-state index contributed by atoms with van der Waals surface area (Å²) in [5.74, 6) is 0. The molecule has 2 unspecified atom stereocenters. The molecular weight excluding hydrogens is 170 g/mol. The monoisotopic (exact) mass is 191 g/mol. The minimum absolute atomic E-state index is 0.192. The second kappa shape index (κ2) is 8.40.